The number of methoxy groups -OCH3 is 3. The predicted molar refractivity (Wildman–Crippen MR) is 150 cm³/mol. The Morgan fingerprint density at radius 1 is 0.769 bits per heavy atom. The Hall–Kier alpha value is -4.78. The van der Waals surface area contributed by atoms with Crippen LogP contribution in [0.4, 0.5) is 5.69 Å². The third kappa shape index (κ3) is 5.03. The van der Waals surface area contributed by atoms with Gasteiger partial charge in [0.2, 0.25) is 5.91 Å². The van der Waals surface area contributed by atoms with Gasteiger partial charge in [0.15, 0.2) is 0 Å². The minimum Gasteiger partial charge on any atom is -0.497 e. The molecule has 4 aromatic carbocycles. The maximum absolute atomic E-state index is 14.1. The highest BCUT2D eigenvalue weighted by molar-refractivity contribution is 6.11. The fraction of sp³-hybridized carbons (Fsp3) is 0.188. The molecule has 0 spiro atoms. The minimum absolute atomic E-state index is 0.176. The van der Waals surface area contributed by atoms with E-state index in [-0.39, 0.29) is 18.4 Å². The molecule has 7 heteroatoms. The van der Waals surface area contributed by atoms with Gasteiger partial charge in [-0.3, -0.25) is 14.5 Å². The first-order valence-electron chi connectivity index (χ1n) is 12.7. The van der Waals surface area contributed by atoms with E-state index in [0.29, 0.717) is 34.1 Å². The van der Waals surface area contributed by atoms with Crippen molar-refractivity contribution in [2.45, 2.75) is 18.5 Å². The molecule has 1 aliphatic heterocycles. The van der Waals surface area contributed by atoms with Gasteiger partial charge in [-0.15, -0.1) is 0 Å². The number of anilines is 1. The smallest absolute Gasteiger partial charge is 0.259 e. The van der Waals surface area contributed by atoms with Crippen LogP contribution >= 0.6 is 0 Å². The van der Waals surface area contributed by atoms with E-state index in [2.05, 4.69) is 5.32 Å². The molecule has 4 aromatic rings. The molecular weight excluding hydrogens is 492 g/mol. The summed E-state index contributed by atoms with van der Waals surface area (Å²) in [5.41, 5.74) is 3.52. The fourth-order valence-electron chi connectivity index (χ4n) is 5.13. The lowest BCUT2D eigenvalue weighted by Gasteiger charge is -2.42. The molecule has 0 aliphatic carbocycles. The van der Waals surface area contributed by atoms with Crippen molar-refractivity contribution in [2.24, 2.45) is 0 Å². The largest absolute Gasteiger partial charge is 0.497 e. The molecule has 39 heavy (non-hydrogen) atoms. The zero-order chi connectivity index (χ0) is 27.4. The van der Waals surface area contributed by atoms with Crippen molar-refractivity contribution < 1.29 is 23.8 Å². The normalized spacial score (nSPS) is 16.3. The molecule has 1 heterocycles. The highest BCUT2D eigenvalue weighted by Crippen LogP contribution is 2.45. The SMILES string of the molecule is COc1ccc([C@@H]2[C@H](C(=O)NCc3ccccc3OC)c3ccccc3C(=O)N2c2ccc(OC)cc2)cc1. The van der Waals surface area contributed by atoms with Gasteiger partial charge in [0.05, 0.1) is 33.3 Å². The minimum atomic E-state index is -0.677. The topological polar surface area (TPSA) is 77.1 Å². The molecule has 2 atom stereocenters. The van der Waals surface area contributed by atoms with Crippen molar-refractivity contribution in [1.82, 2.24) is 5.32 Å². The van der Waals surface area contributed by atoms with Crippen LogP contribution in [0.25, 0.3) is 0 Å². The molecule has 1 aliphatic rings. The first kappa shape index (κ1) is 25.9. The summed E-state index contributed by atoms with van der Waals surface area (Å²) in [6, 6.07) is 29.1. The summed E-state index contributed by atoms with van der Waals surface area (Å²) < 4.78 is 16.2. The first-order chi connectivity index (χ1) is 19.0. The fourth-order valence-corrected chi connectivity index (χ4v) is 5.13. The van der Waals surface area contributed by atoms with Crippen LogP contribution in [0, 0.1) is 0 Å². The summed E-state index contributed by atoms with van der Waals surface area (Å²) in [7, 11) is 4.81. The third-order valence-corrected chi connectivity index (χ3v) is 7.07. The average Bonchev–Trinajstić information content (AvgIpc) is 3.00. The van der Waals surface area contributed by atoms with Gasteiger partial charge in [0.1, 0.15) is 17.2 Å². The van der Waals surface area contributed by atoms with Crippen LogP contribution in [0.15, 0.2) is 97.1 Å². The Labute approximate surface area is 227 Å². The van der Waals surface area contributed by atoms with Crippen LogP contribution < -0.4 is 24.4 Å². The van der Waals surface area contributed by atoms with Crippen LogP contribution in [-0.4, -0.2) is 33.1 Å². The quantitative estimate of drug-likeness (QED) is 0.330. The molecule has 0 bridgehead atoms. The number of nitrogens with one attached hydrogen (secondary N) is 1. The number of rotatable bonds is 8. The molecule has 0 radical (unpaired) electrons. The number of ether oxygens (including phenoxy) is 3. The lowest BCUT2D eigenvalue weighted by atomic mass is 9.78. The number of para-hydroxylation sites is 1. The molecule has 0 aromatic heterocycles. The van der Waals surface area contributed by atoms with Crippen LogP contribution in [-0.2, 0) is 11.3 Å². The van der Waals surface area contributed by atoms with Crippen LogP contribution in [0.1, 0.15) is 39.0 Å². The van der Waals surface area contributed by atoms with Gasteiger partial charge in [-0.2, -0.15) is 0 Å². The summed E-state index contributed by atoms with van der Waals surface area (Å²) >= 11 is 0. The molecule has 7 nitrogen and oxygen atoms in total. The molecule has 0 fully saturated rings. The first-order valence-corrected chi connectivity index (χ1v) is 12.7. The molecule has 1 N–H and O–H groups in total. The zero-order valence-corrected chi connectivity index (χ0v) is 22.1. The Morgan fingerprint density at radius 2 is 1.38 bits per heavy atom. The number of hydrogen-bond donors (Lipinski definition) is 1. The van der Waals surface area contributed by atoms with E-state index < -0.39 is 12.0 Å². The Kier molecular flexibility index (Phi) is 7.50. The van der Waals surface area contributed by atoms with Crippen molar-refractivity contribution in [2.75, 3.05) is 26.2 Å². The molecular formula is C32H30N2O5. The molecule has 198 valence electrons. The van der Waals surface area contributed by atoms with Crippen molar-refractivity contribution in [3.63, 3.8) is 0 Å². The average molecular weight is 523 g/mol. The van der Waals surface area contributed by atoms with Crippen molar-refractivity contribution in [3.8, 4) is 17.2 Å². The molecule has 0 saturated carbocycles. The van der Waals surface area contributed by atoms with Crippen LogP contribution in [0.2, 0.25) is 0 Å². The number of hydrogen-bond acceptors (Lipinski definition) is 5. The van der Waals surface area contributed by atoms with Crippen LogP contribution in [0.5, 0.6) is 17.2 Å². The van der Waals surface area contributed by atoms with E-state index in [4.69, 9.17) is 14.2 Å². The van der Waals surface area contributed by atoms with Gasteiger partial charge in [-0.05, 0) is 59.7 Å². The van der Waals surface area contributed by atoms with E-state index in [1.165, 1.54) is 0 Å². The van der Waals surface area contributed by atoms with Crippen molar-refractivity contribution in [3.05, 3.63) is 119 Å². The van der Waals surface area contributed by atoms with Gasteiger partial charge < -0.3 is 19.5 Å². The van der Waals surface area contributed by atoms with Crippen molar-refractivity contribution >= 4 is 17.5 Å². The highest BCUT2D eigenvalue weighted by atomic mass is 16.5. The second kappa shape index (κ2) is 11.3. The molecule has 0 saturated heterocycles. The number of nitrogens with zero attached hydrogens (tertiary/aromatic N) is 1. The molecule has 5 rings (SSSR count). The van der Waals surface area contributed by atoms with Crippen LogP contribution in [0.3, 0.4) is 0 Å². The van der Waals surface area contributed by atoms with Gasteiger partial charge in [0, 0.05) is 23.4 Å². The zero-order valence-electron chi connectivity index (χ0n) is 22.1. The van der Waals surface area contributed by atoms with Gasteiger partial charge in [-0.1, -0.05) is 48.5 Å². The number of amides is 2. The van der Waals surface area contributed by atoms with Gasteiger partial charge >= 0.3 is 0 Å². The second-order valence-electron chi connectivity index (χ2n) is 9.19. The number of carbonyl (C=O) groups excluding carboxylic acids is 2. The van der Waals surface area contributed by atoms with E-state index in [1.807, 2.05) is 91.0 Å². The summed E-state index contributed by atoms with van der Waals surface area (Å²) in [5.74, 6) is 1.02. The number of benzene rings is 4. The monoisotopic (exact) mass is 522 g/mol. The van der Waals surface area contributed by atoms with E-state index in [1.54, 1.807) is 32.3 Å². The molecule has 2 amide bonds. The summed E-state index contributed by atoms with van der Waals surface area (Å²) in [4.78, 5) is 29.8. The highest BCUT2D eigenvalue weighted by Gasteiger charge is 2.44. The lowest BCUT2D eigenvalue weighted by Crippen LogP contribution is -2.47. The Balaban J connectivity index is 1.62. The van der Waals surface area contributed by atoms with E-state index in [9.17, 15) is 9.59 Å². The van der Waals surface area contributed by atoms with Gasteiger partial charge in [-0.25, -0.2) is 0 Å². The lowest BCUT2D eigenvalue weighted by molar-refractivity contribution is -0.123. The van der Waals surface area contributed by atoms with E-state index in [0.717, 1.165) is 11.1 Å². The predicted octanol–water partition coefficient (Wildman–Crippen LogP) is 5.51. The summed E-state index contributed by atoms with van der Waals surface area (Å²) in [6.45, 7) is 0.285. The van der Waals surface area contributed by atoms with E-state index >= 15 is 0 Å². The van der Waals surface area contributed by atoms with Gasteiger partial charge in [0.25, 0.3) is 5.91 Å². The maximum atomic E-state index is 14.1. The Bertz CT molecular complexity index is 1470. The molecule has 0 unspecified atom stereocenters. The third-order valence-electron chi connectivity index (χ3n) is 7.07. The standard InChI is InChI=1S/C32H30N2O5/c1-37-24-16-12-21(13-17-24)30-29(31(35)33-20-22-8-4-7-11-28(22)39-3)26-9-5-6-10-27(26)32(36)34(30)23-14-18-25(38-2)19-15-23/h4-19,29-30H,20H2,1-3H3,(H,33,35)/t29-,30-/m1/s1. The van der Waals surface area contributed by atoms with Crippen molar-refractivity contribution in [1.29, 1.82) is 0 Å². The number of carbonyl (C=O) groups is 2. The summed E-state index contributed by atoms with van der Waals surface area (Å²) in [5, 5.41) is 3.11. The number of fused-ring (bicyclic) bond motifs is 1. The summed E-state index contributed by atoms with van der Waals surface area (Å²) in [6.07, 6.45) is 0. The second-order valence-corrected chi connectivity index (χ2v) is 9.19. The Morgan fingerprint density at radius 3 is 2.05 bits per heavy atom. The maximum Gasteiger partial charge on any atom is 0.259 e.